The first-order valence-electron chi connectivity index (χ1n) is 11.5. The van der Waals surface area contributed by atoms with Crippen LogP contribution >= 0.6 is 0 Å². The number of piperazine rings is 1. The van der Waals surface area contributed by atoms with E-state index in [1.165, 1.54) is 23.3 Å². The third kappa shape index (κ3) is 4.52. The molecule has 0 amide bonds. The third-order valence-electron chi connectivity index (χ3n) is 6.95. The van der Waals surface area contributed by atoms with Gasteiger partial charge in [-0.1, -0.05) is 43.2 Å². The molecule has 2 heterocycles. The van der Waals surface area contributed by atoms with Gasteiger partial charge in [0.25, 0.3) is 0 Å². The van der Waals surface area contributed by atoms with Crippen LogP contribution in [0.5, 0.6) is 0 Å². The summed E-state index contributed by atoms with van der Waals surface area (Å²) < 4.78 is 15.7. The number of tetrazole rings is 1. The van der Waals surface area contributed by atoms with Crippen LogP contribution in [0.3, 0.4) is 0 Å². The van der Waals surface area contributed by atoms with Crippen LogP contribution in [0.4, 0.5) is 4.39 Å². The van der Waals surface area contributed by atoms with Crippen molar-refractivity contribution >= 4 is 0 Å². The van der Waals surface area contributed by atoms with E-state index in [2.05, 4.69) is 50.5 Å². The molecule has 2 N–H and O–H groups in total. The summed E-state index contributed by atoms with van der Waals surface area (Å²) in [5.74, 6) is 0.727. The van der Waals surface area contributed by atoms with Gasteiger partial charge in [0.05, 0.1) is 6.04 Å². The first-order chi connectivity index (χ1) is 15.3. The number of aromatic nitrogens is 4. The third-order valence-corrected chi connectivity index (χ3v) is 6.95. The lowest BCUT2D eigenvalue weighted by atomic mass is 10.0. The highest BCUT2D eigenvalue weighted by Gasteiger charge is 2.37. The van der Waals surface area contributed by atoms with Crippen molar-refractivity contribution in [1.29, 1.82) is 0 Å². The minimum absolute atomic E-state index is 0.0366. The Labute approximate surface area is 182 Å². The van der Waals surface area contributed by atoms with E-state index in [4.69, 9.17) is 0 Å². The fourth-order valence-corrected chi connectivity index (χ4v) is 5.30. The molecule has 1 atom stereocenters. The van der Waals surface area contributed by atoms with Gasteiger partial charge in [0.1, 0.15) is 38.5 Å². The summed E-state index contributed by atoms with van der Waals surface area (Å²) in [6, 6.07) is 18.1. The Morgan fingerprint density at radius 3 is 2.35 bits per heavy atom. The Bertz CT molecular complexity index is 959. The van der Waals surface area contributed by atoms with Crippen LogP contribution in [-0.2, 0) is 6.54 Å². The maximum atomic E-state index is 13.7. The topological polar surface area (TPSA) is 52.5 Å². The molecule has 2 aromatic carbocycles. The highest BCUT2D eigenvalue weighted by Crippen LogP contribution is 2.31. The molecule has 162 valence electrons. The lowest BCUT2D eigenvalue weighted by Crippen LogP contribution is -3.27. The van der Waals surface area contributed by atoms with E-state index in [0.29, 0.717) is 6.04 Å². The fourth-order valence-electron chi connectivity index (χ4n) is 5.30. The van der Waals surface area contributed by atoms with Gasteiger partial charge in [-0.25, -0.2) is 9.07 Å². The Morgan fingerprint density at radius 2 is 1.65 bits per heavy atom. The smallest absolute Gasteiger partial charge is 0.214 e. The monoisotopic (exact) mass is 422 g/mol. The Hall–Kier alpha value is -2.64. The van der Waals surface area contributed by atoms with Gasteiger partial charge in [-0.15, -0.1) is 5.10 Å². The van der Waals surface area contributed by atoms with Crippen LogP contribution in [0.15, 0.2) is 54.6 Å². The lowest BCUT2D eigenvalue weighted by molar-refractivity contribution is -1.03. The molecule has 3 aromatic rings. The molecule has 1 aliphatic heterocycles. The van der Waals surface area contributed by atoms with Gasteiger partial charge in [0, 0.05) is 11.1 Å². The van der Waals surface area contributed by atoms with Gasteiger partial charge in [-0.3, -0.25) is 0 Å². The second-order valence-electron chi connectivity index (χ2n) is 8.98. The zero-order valence-electron chi connectivity index (χ0n) is 17.9. The van der Waals surface area contributed by atoms with Gasteiger partial charge in [-0.05, 0) is 47.5 Å². The minimum Gasteiger partial charge on any atom is -0.322 e. The second-order valence-corrected chi connectivity index (χ2v) is 8.98. The van der Waals surface area contributed by atoms with Gasteiger partial charge >= 0.3 is 0 Å². The zero-order valence-corrected chi connectivity index (χ0v) is 17.9. The average molecular weight is 423 g/mol. The van der Waals surface area contributed by atoms with E-state index >= 15 is 0 Å². The molecular formula is C24H31FN6+2. The van der Waals surface area contributed by atoms with E-state index in [1.54, 1.807) is 17.0 Å². The number of nitrogens with zero attached hydrogens (tertiary/aromatic N) is 4. The van der Waals surface area contributed by atoms with Crippen LogP contribution in [0.1, 0.15) is 54.7 Å². The first kappa shape index (κ1) is 20.3. The Balaban J connectivity index is 1.37. The molecule has 1 aromatic heterocycles. The number of nitrogens with one attached hydrogen (secondary N) is 2. The second kappa shape index (κ2) is 9.24. The first-order valence-corrected chi connectivity index (χ1v) is 11.5. The average Bonchev–Trinajstić information content (AvgIpc) is 3.49. The number of rotatable bonds is 6. The molecule has 31 heavy (non-hydrogen) atoms. The normalized spacial score (nSPS) is 23.1. The largest absolute Gasteiger partial charge is 0.322 e. The summed E-state index contributed by atoms with van der Waals surface area (Å²) in [5, 5.41) is 13.0. The highest BCUT2D eigenvalue weighted by molar-refractivity contribution is 5.23. The van der Waals surface area contributed by atoms with Crippen LogP contribution in [0.2, 0.25) is 0 Å². The zero-order chi connectivity index (χ0) is 21.0. The van der Waals surface area contributed by atoms with Crippen molar-refractivity contribution in [1.82, 2.24) is 20.2 Å². The molecule has 0 radical (unpaired) electrons. The molecule has 0 spiro atoms. The molecule has 1 saturated heterocycles. The maximum absolute atomic E-state index is 13.7. The molecule has 1 saturated carbocycles. The van der Waals surface area contributed by atoms with Crippen LogP contribution < -0.4 is 9.80 Å². The van der Waals surface area contributed by atoms with Crippen LogP contribution in [0.25, 0.3) is 0 Å². The lowest BCUT2D eigenvalue weighted by Gasteiger charge is -2.34. The molecule has 7 heteroatoms. The van der Waals surface area contributed by atoms with Crippen molar-refractivity contribution < 1.29 is 14.2 Å². The van der Waals surface area contributed by atoms with Crippen molar-refractivity contribution in [2.24, 2.45) is 0 Å². The molecule has 1 aliphatic carbocycles. The predicted octanol–water partition coefficient (Wildman–Crippen LogP) is 1.00. The van der Waals surface area contributed by atoms with Gasteiger partial charge in [-0.2, -0.15) is 0 Å². The Morgan fingerprint density at radius 1 is 0.935 bits per heavy atom. The van der Waals surface area contributed by atoms with Crippen molar-refractivity contribution in [2.75, 3.05) is 26.2 Å². The number of quaternary nitrogens is 2. The Kier molecular flexibility index (Phi) is 6.04. The summed E-state index contributed by atoms with van der Waals surface area (Å²) in [7, 11) is 0. The quantitative estimate of drug-likeness (QED) is 0.623. The number of hydrogen-bond donors (Lipinski definition) is 2. The van der Waals surface area contributed by atoms with Crippen molar-refractivity contribution in [3.63, 3.8) is 0 Å². The molecule has 2 fully saturated rings. The maximum Gasteiger partial charge on any atom is 0.214 e. The van der Waals surface area contributed by atoms with E-state index in [1.807, 2.05) is 12.1 Å². The fraction of sp³-hybridized carbons (Fsp3) is 0.458. The summed E-state index contributed by atoms with van der Waals surface area (Å²) in [6.07, 6.45) is 4.75. The molecule has 5 rings (SSSR count). The SMILES string of the molecule is Fc1ccc([C@@H](c2nnnn2C2CCCC2)[NH+]2CC[NH+](Cc3ccccc3)CC2)cc1. The standard InChI is InChI=1S/C24H29FN6/c25-21-12-10-20(11-13-21)23(24-26-27-28-31(24)22-8-4-5-9-22)30-16-14-29(15-17-30)18-19-6-2-1-3-7-19/h1-3,6-7,10-13,22-23H,4-5,8-9,14-18H2/p+2/t23-/m0/s1. The molecule has 0 bridgehead atoms. The molecule has 2 aliphatic rings. The van der Waals surface area contributed by atoms with Gasteiger partial charge < -0.3 is 9.80 Å². The van der Waals surface area contributed by atoms with Gasteiger partial charge in [0.15, 0.2) is 6.04 Å². The van der Waals surface area contributed by atoms with Gasteiger partial charge in [0.2, 0.25) is 5.82 Å². The van der Waals surface area contributed by atoms with Crippen molar-refractivity contribution in [2.45, 2.75) is 44.3 Å². The summed E-state index contributed by atoms with van der Waals surface area (Å²) in [6.45, 7) is 5.36. The van der Waals surface area contributed by atoms with E-state index < -0.39 is 0 Å². The number of halogens is 1. The number of hydrogen-bond acceptors (Lipinski definition) is 3. The molecule has 6 nitrogen and oxygen atoms in total. The van der Waals surface area contributed by atoms with E-state index in [9.17, 15) is 4.39 Å². The summed E-state index contributed by atoms with van der Waals surface area (Å²) >= 11 is 0. The summed E-state index contributed by atoms with van der Waals surface area (Å²) in [4.78, 5) is 3.08. The van der Waals surface area contributed by atoms with Crippen molar-refractivity contribution in [3.8, 4) is 0 Å². The van der Waals surface area contributed by atoms with Crippen molar-refractivity contribution in [3.05, 3.63) is 77.4 Å². The molecular weight excluding hydrogens is 391 g/mol. The van der Waals surface area contributed by atoms with E-state index in [-0.39, 0.29) is 11.9 Å². The number of benzene rings is 2. The van der Waals surface area contributed by atoms with Crippen LogP contribution in [-0.4, -0.2) is 46.4 Å². The van der Waals surface area contributed by atoms with Crippen LogP contribution in [0, 0.1) is 5.82 Å². The highest BCUT2D eigenvalue weighted by atomic mass is 19.1. The molecule has 0 unspecified atom stereocenters. The minimum atomic E-state index is -0.204. The van der Waals surface area contributed by atoms with E-state index in [0.717, 1.165) is 57.0 Å². The predicted molar refractivity (Wildman–Crippen MR) is 115 cm³/mol. The summed E-state index contributed by atoms with van der Waals surface area (Å²) in [5.41, 5.74) is 2.48.